The molecule has 7 aromatic rings. The minimum Gasteiger partial charge on any atom is -0.356 e. The molecule has 0 fully saturated rings. The molecule has 0 saturated carbocycles. The van der Waals surface area contributed by atoms with Gasteiger partial charge in [0, 0.05) is 11.4 Å². The summed E-state index contributed by atoms with van der Waals surface area (Å²) in [7, 11) is 0. The van der Waals surface area contributed by atoms with Crippen molar-refractivity contribution in [1.82, 2.24) is 0 Å². The lowest BCUT2D eigenvalue weighted by atomic mass is 9.97. The van der Waals surface area contributed by atoms with Gasteiger partial charge in [-0.15, -0.1) is 0 Å². The Morgan fingerprint density at radius 3 is 1.84 bits per heavy atom. The standard InChI is InChI=1S/C36H23N/c1-2-8-30-24(5-1)11-12-25-13-14-27(21-34(25)30)23-15-17-28(18-16-23)37-29-19-20-31-32-9-3-6-26-7-4-10-33(36(26)32)35(31)22-29/h1-22,37H. The van der Waals surface area contributed by atoms with Crippen LogP contribution in [0.5, 0.6) is 0 Å². The number of rotatable bonds is 3. The van der Waals surface area contributed by atoms with Crippen LogP contribution in [0.25, 0.3) is 65.7 Å². The highest BCUT2D eigenvalue weighted by molar-refractivity contribution is 6.15. The molecule has 0 radical (unpaired) electrons. The fourth-order valence-corrected chi connectivity index (χ4v) is 5.96. The summed E-state index contributed by atoms with van der Waals surface area (Å²) in [6.07, 6.45) is 0. The highest BCUT2D eigenvalue weighted by atomic mass is 14.9. The third-order valence-electron chi connectivity index (χ3n) is 7.76. The van der Waals surface area contributed by atoms with Gasteiger partial charge < -0.3 is 5.32 Å². The summed E-state index contributed by atoms with van der Waals surface area (Å²) in [6, 6.07) is 48.5. The third kappa shape index (κ3) is 3.18. The van der Waals surface area contributed by atoms with Crippen molar-refractivity contribution in [3.05, 3.63) is 133 Å². The average Bonchev–Trinajstić information content (AvgIpc) is 3.28. The van der Waals surface area contributed by atoms with Crippen LogP contribution in [0.1, 0.15) is 0 Å². The van der Waals surface area contributed by atoms with Crippen molar-refractivity contribution in [2.45, 2.75) is 0 Å². The van der Waals surface area contributed by atoms with Gasteiger partial charge in [0.1, 0.15) is 0 Å². The van der Waals surface area contributed by atoms with E-state index >= 15 is 0 Å². The fraction of sp³-hybridized carbons (Fsp3) is 0. The van der Waals surface area contributed by atoms with E-state index in [1.807, 2.05) is 0 Å². The first kappa shape index (κ1) is 20.3. The monoisotopic (exact) mass is 469 g/mol. The van der Waals surface area contributed by atoms with E-state index in [9.17, 15) is 0 Å². The van der Waals surface area contributed by atoms with Crippen molar-refractivity contribution < 1.29 is 0 Å². The lowest BCUT2D eigenvalue weighted by Gasteiger charge is -2.11. The quantitative estimate of drug-likeness (QED) is 0.254. The molecule has 1 aliphatic carbocycles. The fourth-order valence-electron chi connectivity index (χ4n) is 5.96. The maximum absolute atomic E-state index is 3.62. The Hall–Kier alpha value is -4.88. The molecule has 1 nitrogen and oxygen atoms in total. The van der Waals surface area contributed by atoms with Crippen LogP contribution in [-0.2, 0) is 0 Å². The second kappa shape index (κ2) is 7.81. The second-order valence-corrected chi connectivity index (χ2v) is 9.89. The smallest absolute Gasteiger partial charge is 0.0390 e. The van der Waals surface area contributed by atoms with E-state index in [-0.39, 0.29) is 0 Å². The Kier molecular flexibility index (Phi) is 4.29. The highest BCUT2D eigenvalue weighted by Gasteiger charge is 2.21. The third-order valence-corrected chi connectivity index (χ3v) is 7.76. The van der Waals surface area contributed by atoms with Gasteiger partial charge in [0.2, 0.25) is 0 Å². The van der Waals surface area contributed by atoms with Gasteiger partial charge >= 0.3 is 0 Å². The first-order valence-corrected chi connectivity index (χ1v) is 12.8. The predicted molar refractivity (Wildman–Crippen MR) is 159 cm³/mol. The zero-order valence-corrected chi connectivity index (χ0v) is 20.2. The summed E-state index contributed by atoms with van der Waals surface area (Å²) in [4.78, 5) is 0. The number of hydrogen-bond donors (Lipinski definition) is 1. The molecule has 0 amide bonds. The van der Waals surface area contributed by atoms with Crippen molar-refractivity contribution in [2.75, 3.05) is 5.32 Å². The summed E-state index contributed by atoms with van der Waals surface area (Å²) < 4.78 is 0. The van der Waals surface area contributed by atoms with Crippen LogP contribution in [0, 0.1) is 0 Å². The van der Waals surface area contributed by atoms with Gasteiger partial charge in [0.05, 0.1) is 0 Å². The molecule has 1 heteroatoms. The number of fused-ring (bicyclic) bond motifs is 6. The van der Waals surface area contributed by atoms with Gasteiger partial charge in [-0.05, 0) is 96.0 Å². The van der Waals surface area contributed by atoms with E-state index in [0.717, 1.165) is 11.4 Å². The maximum Gasteiger partial charge on any atom is 0.0390 e. The van der Waals surface area contributed by atoms with Crippen LogP contribution >= 0.6 is 0 Å². The van der Waals surface area contributed by atoms with Crippen LogP contribution in [0.2, 0.25) is 0 Å². The van der Waals surface area contributed by atoms with Crippen molar-refractivity contribution >= 4 is 43.7 Å². The molecule has 0 aliphatic heterocycles. The zero-order chi connectivity index (χ0) is 24.3. The van der Waals surface area contributed by atoms with Crippen molar-refractivity contribution in [3.8, 4) is 33.4 Å². The van der Waals surface area contributed by atoms with Gasteiger partial charge in [-0.25, -0.2) is 0 Å². The summed E-state index contributed by atoms with van der Waals surface area (Å²) in [5, 5.41) is 11.4. The lowest BCUT2D eigenvalue weighted by molar-refractivity contribution is 1.55. The maximum atomic E-state index is 3.62. The molecule has 172 valence electrons. The molecular formula is C36H23N. The average molecular weight is 470 g/mol. The van der Waals surface area contributed by atoms with E-state index in [0.29, 0.717) is 0 Å². The number of benzene rings is 7. The molecule has 0 saturated heterocycles. The topological polar surface area (TPSA) is 12.0 Å². The van der Waals surface area contributed by atoms with Gasteiger partial charge in [-0.1, -0.05) is 103 Å². The van der Waals surface area contributed by atoms with E-state index in [1.165, 1.54) is 65.7 Å². The SMILES string of the molecule is c1cc2c3c(cccc3c1)-c1cc(Nc3ccc(-c4ccc5ccc6ccccc6c5c4)cc3)ccc1-2. The molecule has 0 unspecified atom stereocenters. The van der Waals surface area contributed by atoms with Crippen LogP contribution in [-0.4, -0.2) is 0 Å². The molecule has 8 rings (SSSR count). The van der Waals surface area contributed by atoms with Crippen LogP contribution < -0.4 is 5.32 Å². The molecule has 0 atom stereocenters. The van der Waals surface area contributed by atoms with E-state index in [2.05, 4.69) is 139 Å². The van der Waals surface area contributed by atoms with Crippen LogP contribution in [0.15, 0.2) is 133 Å². The Balaban J connectivity index is 1.12. The van der Waals surface area contributed by atoms with Gasteiger partial charge in [-0.2, -0.15) is 0 Å². The number of nitrogens with one attached hydrogen (secondary N) is 1. The van der Waals surface area contributed by atoms with Crippen LogP contribution in [0.3, 0.4) is 0 Å². The molecule has 0 bridgehead atoms. The minimum absolute atomic E-state index is 1.09. The molecule has 7 aromatic carbocycles. The molecule has 0 aromatic heterocycles. The molecule has 1 N–H and O–H groups in total. The minimum atomic E-state index is 1.09. The summed E-state index contributed by atoms with van der Waals surface area (Å²) in [6.45, 7) is 0. The Bertz CT molecular complexity index is 1990. The van der Waals surface area contributed by atoms with Gasteiger partial charge in [0.25, 0.3) is 0 Å². The molecule has 37 heavy (non-hydrogen) atoms. The van der Waals surface area contributed by atoms with E-state index in [1.54, 1.807) is 0 Å². The summed E-state index contributed by atoms with van der Waals surface area (Å²) in [5.74, 6) is 0. The van der Waals surface area contributed by atoms with Crippen LogP contribution in [0.4, 0.5) is 11.4 Å². The molecular weight excluding hydrogens is 446 g/mol. The lowest BCUT2D eigenvalue weighted by Crippen LogP contribution is -1.91. The Morgan fingerprint density at radius 1 is 0.351 bits per heavy atom. The van der Waals surface area contributed by atoms with E-state index < -0.39 is 0 Å². The first-order chi connectivity index (χ1) is 18.3. The first-order valence-electron chi connectivity index (χ1n) is 12.8. The molecule has 1 aliphatic rings. The number of hydrogen-bond acceptors (Lipinski definition) is 1. The van der Waals surface area contributed by atoms with Crippen molar-refractivity contribution in [2.24, 2.45) is 0 Å². The molecule has 0 heterocycles. The zero-order valence-electron chi connectivity index (χ0n) is 20.2. The summed E-state index contributed by atoms with van der Waals surface area (Å²) >= 11 is 0. The van der Waals surface area contributed by atoms with Crippen molar-refractivity contribution in [1.29, 1.82) is 0 Å². The normalized spacial score (nSPS) is 11.8. The largest absolute Gasteiger partial charge is 0.356 e. The number of anilines is 2. The Morgan fingerprint density at radius 2 is 1.00 bits per heavy atom. The predicted octanol–water partition coefficient (Wildman–Crippen LogP) is 10.2. The Labute approximate surface area is 215 Å². The van der Waals surface area contributed by atoms with Crippen molar-refractivity contribution in [3.63, 3.8) is 0 Å². The van der Waals surface area contributed by atoms with Gasteiger partial charge in [0.15, 0.2) is 0 Å². The van der Waals surface area contributed by atoms with Gasteiger partial charge in [-0.3, -0.25) is 0 Å². The summed E-state index contributed by atoms with van der Waals surface area (Å²) in [5.41, 5.74) is 9.92. The molecule has 0 spiro atoms. The van der Waals surface area contributed by atoms with E-state index in [4.69, 9.17) is 0 Å². The second-order valence-electron chi connectivity index (χ2n) is 9.89. The highest BCUT2D eigenvalue weighted by Crippen LogP contribution is 2.48.